The minimum absolute atomic E-state index is 0.125. The fourth-order valence-electron chi connectivity index (χ4n) is 3.72. The van der Waals surface area contributed by atoms with Crippen LogP contribution in [-0.2, 0) is 4.74 Å². The molecule has 184 valence electrons. The van der Waals surface area contributed by atoms with Gasteiger partial charge in [-0.2, -0.15) is 0 Å². The summed E-state index contributed by atoms with van der Waals surface area (Å²) in [6, 6.07) is 18.9. The van der Waals surface area contributed by atoms with E-state index in [1.807, 2.05) is 55.5 Å². The third-order valence-electron chi connectivity index (χ3n) is 5.45. The summed E-state index contributed by atoms with van der Waals surface area (Å²) in [5, 5.41) is 0.714. The van der Waals surface area contributed by atoms with Crippen LogP contribution in [0.1, 0.15) is 11.1 Å². The standard InChI is InChI=1S/C27H22Cl2N2O4S/c1-17-6-8-19(9-7-17)34-12-10-33-11-13-35-25-20(28)14-18(15-21(25)29)16-24-26(32)31-23-5-3-2-4-22(23)30-27(31)36-24/h2-9,14-16H,10-13H2,1H3/b24-16-. The highest BCUT2D eigenvalue weighted by molar-refractivity contribution is 7.15. The van der Waals surface area contributed by atoms with Gasteiger partial charge in [0.2, 0.25) is 0 Å². The summed E-state index contributed by atoms with van der Waals surface area (Å²) in [4.78, 5) is 18.2. The van der Waals surface area contributed by atoms with Gasteiger partial charge >= 0.3 is 0 Å². The van der Waals surface area contributed by atoms with E-state index in [9.17, 15) is 4.79 Å². The number of benzene rings is 3. The number of imidazole rings is 1. The summed E-state index contributed by atoms with van der Waals surface area (Å²) in [5.41, 5.74) is 3.34. The van der Waals surface area contributed by atoms with Crippen molar-refractivity contribution >= 4 is 56.6 Å². The van der Waals surface area contributed by atoms with Crippen molar-refractivity contribution in [2.24, 2.45) is 0 Å². The molecule has 0 aliphatic carbocycles. The molecule has 0 aliphatic rings. The first-order chi connectivity index (χ1) is 17.5. The highest BCUT2D eigenvalue weighted by atomic mass is 35.5. The van der Waals surface area contributed by atoms with Crippen LogP contribution < -0.4 is 19.6 Å². The smallest absolute Gasteiger partial charge is 0.274 e. The number of fused-ring (bicyclic) bond motifs is 3. The Kier molecular flexibility index (Phi) is 7.43. The Hall–Kier alpha value is -3.10. The van der Waals surface area contributed by atoms with Gasteiger partial charge in [0, 0.05) is 0 Å². The normalized spacial score (nSPS) is 12.0. The van der Waals surface area contributed by atoms with Gasteiger partial charge in [0.05, 0.1) is 38.8 Å². The van der Waals surface area contributed by atoms with E-state index in [4.69, 9.17) is 37.4 Å². The van der Waals surface area contributed by atoms with Gasteiger partial charge in [-0.1, -0.05) is 64.4 Å². The second kappa shape index (κ2) is 10.9. The molecule has 0 saturated heterocycles. The first-order valence-corrected chi connectivity index (χ1v) is 12.9. The molecule has 0 amide bonds. The van der Waals surface area contributed by atoms with Gasteiger partial charge in [-0.3, -0.25) is 4.79 Å². The molecule has 0 unspecified atom stereocenters. The quantitative estimate of drug-likeness (QED) is 0.229. The predicted octanol–water partition coefficient (Wildman–Crippen LogP) is 5.55. The van der Waals surface area contributed by atoms with Gasteiger partial charge in [0.15, 0.2) is 10.7 Å². The second-order valence-electron chi connectivity index (χ2n) is 8.07. The number of aryl methyl sites for hydroxylation is 1. The summed E-state index contributed by atoms with van der Waals surface area (Å²) in [6.07, 6.45) is 1.76. The van der Waals surface area contributed by atoms with Crippen molar-refractivity contribution < 1.29 is 14.2 Å². The summed E-state index contributed by atoms with van der Waals surface area (Å²) in [7, 11) is 0. The maximum Gasteiger partial charge on any atom is 0.274 e. The van der Waals surface area contributed by atoms with Crippen LogP contribution in [0.3, 0.4) is 0 Å². The molecule has 5 aromatic rings. The maximum atomic E-state index is 13.0. The number of hydrogen-bond donors (Lipinski definition) is 0. The van der Waals surface area contributed by atoms with Gasteiger partial charge in [-0.25, -0.2) is 9.38 Å². The molecule has 2 aromatic heterocycles. The van der Waals surface area contributed by atoms with Crippen molar-refractivity contribution in [1.82, 2.24) is 9.38 Å². The van der Waals surface area contributed by atoms with Crippen molar-refractivity contribution in [2.75, 3.05) is 26.4 Å². The molecular formula is C27H22Cl2N2O4S. The molecule has 0 atom stereocenters. The Morgan fingerprint density at radius 1 is 0.944 bits per heavy atom. The molecule has 0 spiro atoms. The van der Waals surface area contributed by atoms with Gasteiger partial charge in [-0.05, 0) is 55.0 Å². The zero-order chi connectivity index (χ0) is 25.1. The lowest BCUT2D eigenvalue weighted by Crippen LogP contribution is -2.22. The number of hydrogen-bond acceptors (Lipinski definition) is 6. The Morgan fingerprint density at radius 3 is 2.39 bits per heavy atom. The van der Waals surface area contributed by atoms with Crippen molar-refractivity contribution in [1.29, 1.82) is 0 Å². The number of para-hydroxylation sites is 2. The number of halogens is 2. The molecule has 9 heteroatoms. The van der Waals surface area contributed by atoms with Crippen LogP contribution in [0.2, 0.25) is 10.0 Å². The molecule has 0 saturated carbocycles. The summed E-state index contributed by atoms with van der Waals surface area (Å²) < 4.78 is 19.1. The molecule has 0 bridgehead atoms. The molecule has 2 heterocycles. The molecule has 36 heavy (non-hydrogen) atoms. The summed E-state index contributed by atoms with van der Waals surface area (Å²) in [6.45, 7) is 3.56. The molecule has 0 radical (unpaired) electrons. The van der Waals surface area contributed by atoms with Gasteiger partial charge in [-0.15, -0.1) is 0 Å². The third-order valence-corrected chi connectivity index (χ3v) is 6.99. The van der Waals surface area contributed by atoms with Crippen molar-refractivity contribution in [3.05, 3.63) is 96.7 Å². The van der Waals surface area contributed by atoms with Crippen molar-refractivity contribution in [3.8, 4) is 11.5 Å². The minimum Gasteiger partial charge on any atom is -0.491 e. The molecule has 0 aliphatic heterocycles. The van der Waals surface area contributed by atoms with Crippen LogP contribution >= 0.6 is 34.5 Å². The lowest BCUT2D eigenvalue weighted by Gasteiger charge is -2.11. The Labute approximate surface area is 221 Å². The number of aromatic nitrogens is 2. The monoisotopic (exact) mass is 540 g/mol. The first-order valence-electron chi connectivity index (χ1n) is 11.3. The summed E-state index contributed by atoms with van der Waals surface area (Å²) >= 11 is 14.2. The van der Waals surface area contributed by atoms with E-state index in [-0.39, 0.29) is 12.2 Å². The third kappa shape index (κ3) is 5.34. The van der Waals surface area contributed by atoms with E-state index < -0.39 is 0 Å². The largest absolute Gasteiger partial charge is 0.491 e. The van der Waals surface area contributed by atoms with Crippen LogP contribution in [0.15, 0.2) is 65.5 Å². The molecule has 6 nitrogen and oxygen atoms in total. The number of nitrogens with zero attached hydrogens (tertiary/aromatic N) is 2. The Bertz CT molecular complexity index is 1610. The van der Waals surface area contributed by atoms with E-state index in [0.717, 1.165) is 16.8 Å². The molecule has 3 aromatic carbocycles. The molecular weight excluding hydrogens is 519 g/mol. The number of thiazole rings is 1. The zero-order valence-electron chi connectivity index (χ0n) is 19.4. The SMILES string of the molecule is Cc1ccc(OCCOCCOc2c(Cl)cc(/C=c3\sc4nc5ccccc5n4c3=O)cc2Cl)cc1. The van der Waals surface area contributed by atoms with E-state index in [1.54, 1.807) is 22.6 Å². The van der Waals surface area contributed by atoms with Gasteiger partial charge in [0.25, 0.3) is 5.56 Å². The van der Waals surface area contributed by atoms with Gasteiger partial charge < -0.3 is 14.2 Å². The fraction of sp³-hybridized carbons (Fsp3) is 0.185. The van der Waals surface area contributed by atoms with E-state index in [1.165, 1.54) is 16.9 Å². The van der Waals surface area contributed by atoms with Crippen LogP contribution in [0.4, 0.5) is 0 Å². The van der Waals surface area contributed by atoms with Gasteiger partial charge in [0.1, 0.15) is 19.0 Å². The molecule has 0 N–H and O–H groups in total. The lowest BCUT2D eigenvalue weighted by molar-refractivity contribution is 0.0765. The van der Waals surface area contributed by atoms with Crippen molar-refractivity contribution in [2.45, 2.75) is 6.92 Å². The summed E-state index contributed by atoms with van der Waals surface area (Å²) in [5.74, 6) is 1.19. The number of rotatable bonds is 9. The highest BCUT2D eigenvalue weighted by Gasteiger charge is 2.12. The minimum atomic E-state index is -0.125. The maximum absolute atomic E-state index is 13.0. The molecule has 5 rings (SSSR count). The predicted molar refractivity (Wildman–Crippen MR) is 145 cm³/mol. The van der Waals surface area contributed by atoms with E-state index in [2.05, 4.69) is 4.98 Å². The van der Waals surface area contributed by atoms with Crippen LogP contribution in [0.5, 0.6) is 11.5 Å². The Balaban J connectivity index is 1.19. The average Bonchev–Trinajstić information content (AvgIpc) is 3.37. The topological polar surface area (TPSA) is 62.1 Å². The first kappa shape index (κ1) is 24.6. The van der Waals surface area contributed by atoms with Crippen LogP contribution in [0, 0.1) is 6.92 Å². The van der Waals surface area contributed by atoms with Crippen LogP contribution in [-0.4, -0.2) is 35.8 Å². The highest BCUT2D eigenvalue weighted by Crippen LogP contribution is 2.34. The van der Waals surface area contributed by atoms with E-state index in [0.29, 0.717) is 50.7 Å². The van der Waals surface area contributed by atoms with Crippen molar-refractivity contribution in [3.63, 3.8) is 0 Å². The Morgan fingerprint density at radius 2 is 1.64 bits per heavy atom. The zero-order valence-corrected chi connectivity index (χ0v) is 21.7. The van der Waals surface area contributed by atoms with Crippen LogP contribution in [0.25, 0.3) is 22.1 Å². The second-order valence-corrected chi connectivity index (χ2v) is 9.89. The number of ether oxygens (including phenoxy) is 3. The lowest BCUT2D eigenvalue weighted by atomic mass is 10.2. The molecule has 0 fully saturated rings. The van der Waals surface area contributed by atoms with E-state index >= 15 is 0 Å². The average molecular weight is 541 g/mol. The fourth-order valence-corrected chi connectivity index (χ4v) is 5.32.